The molecule has 0 radical (unpaired) electrons. The van der Waals surface area contributed by atoms with E-state index in [0.29, 0.717) is 11.1 Å². The number of benzene rings is 1. The zero-order valence-electron chi connectivity index (χ0n) is 8.70. The Bertz CT molecular complexity index is 356. The van der Waals surface area contributed by atoms with Gasteiger partial charge >= 0.3 is 0 Å². The molecule has 1 saturated heterocycles. The normalized spacial score (nSPS) is 21.7. The Kier molecular flexibility index (Phi) is 3.03. The number of piperazine rings is 1. The van der Waals surface area contributed by atoms with Crippen molar-refractivity contribution < 1.29 is 5.11 Å². The minimum absolute atomic E-state index is 0.142. The van der Waals surface area contributed by atoms with Crippen LogP contribution in [0.3, 0.4) is 0 Å². The van der Waals surface area contributed by atoms with Gasteiger partial charge in [-0.25, -0.2) is 0 Å². The van der Waals surface area contributed by atoms with E-state index in [1.165, 1.54) is 0 Å². The average Bonchev–Trinajstić information content (AvgIpc) is 2.22. The van der Waals surface area contributed by atoms with Crippen LogP contribution >= 0.6 is 11.6 Å². The second kappa shape index (κ2) is 4.29. The molecule has 1 heterocycles. The Morgan fingerprint density at radius 2 is 2.33 bits per heavy atom. The van der Waals surface area contributed by atoms with E-state index in [2.05, 4.69) is 17.1 Å². The third-order valence-corrected chi connectivity index (χ3v) is 2.97. The molecule has 0 saturated carbocycles. The number of hydrogen-bond acceptors (Lipinski definition) is 3. The Morgan fingerprint density at radius 3 is 3.00 bits per heavy atom. The Hall–Kier alpha value is -0.930. The zero-order valence-corrected chi connectivity index (χ0v) is 9.46. The summed E-state index contributed by atoms with van der Waals surface area (Å²) in [6.07, 6.45) is 0. The van der Waals surface area contributed by atoms with Gasteiger partial charge in [0.25, 0.3) is 0 Å². The number of hydrogen-bond donors (Lipinski definition) is 2. The van der Waals surface area contributed by atoms with Gasteiger partial charge in [-0.1, -0.05) is 11.6 Å². The minimum atomic E-state index is 0.142. The molecular weight excluding hydrogens is 212 g/mol. The monoisotopic (exact) mass is 226 g/mol. The molecule has 1 fully saturated rings. The second-order valence-corrected chi connectivity index (χ2v) is 4.34. The highest BCUT2D eigenvalue weighted by molar-refractivity contribution is 6.32. The van der Waals surface area contributed by atoms with Gasteiger partial charge in [0.1, 0.15) is 5.75 Å². The molecule has 1 aliphatic heterocycles. The van der Waals surface area contributed by atoms with Crippen molar-refractivity contribution in [2.45, 2.75) is 13.0 Å². The maximum absolute atomic E-state index is 9.33. The zero-order chi connectivity index (χ0) is 10.8. The number of aromatic hydroxyl groups is 1. The quantitative estimate of drug-likeness (QED) is 0.767. The van der Waals surface area contributed by atoms with Crippen molar-refractivity contribution in [2.24, 2.45) is 0 Å². The molecule has 2 N–H and O–H groups in total. The highest BCUT2D eigenvalue weighted by atomic mass is 35.5. The van der Waals surface area contributed by atoms with E-state index in [1.807, 2.05) is 12.1 Å². The van der Waals surface area contributed by atoms with Gasteiger partial charge in [-0.3, -0.25) is 0 Å². The fraction of sp³-hybridized carbons (Fsp3) is 0.455. The first-order valence-electron chi connectivity index (χ1n) is 5.13. The summed E-state index contributed by atoms with van der Waals surface area (Å²) in [5.41, 5.74) is 1.08. The topological polar surface area (TPSA) is 35.5 Å². The SMILES string of the molecule is C[C@@H]1CN(c2ccc(O)c(Cl)c2)CCN1. The molecule has 0 spiro atoms. The van der Waals surface area contributed by atoms with Gasteiger partial charge in [-0.2, -0.15) is 0 Å². The van der Waals surface area contributed by atoms with Gasteiger partial charge in [0.2, 0.25) is 0 Å². The molecule has 0 unspecified atom stereocenters. The second-order valence-electron chi connectivity index (χ2n) is 3.94. The average molecular weight is 227 g/mol. The maximum Gasteiger partial charge on any atom is 0.134 e. The van der Waals surface area contributed by atoms with Gasteiger partial charge in [0, 0.05) is 31.4 Å². The van der Waals surface area contributed by atoms with Crippen molar-refractivity contribution in [1.82, 2.24) is 5.32 Å². The van der Waals surface area contributed by atoms with Gasteiger partial charge in [-0.05, 0) is 25.1 Å². The summed E-state index contributed by atoms with van der Waals surface area (Å²) in [6, 6.07) is 5.85. The fourth-order valence-corrected chi connectivity index (χ4v) is 2.03. The molecule has 1 aromatic carbocycles. The molecule has 15 heavy (non-hydrogen) atoms. The van der Waals surface area contributed by atoms with Crippen LogP contribution in [0.4, 0.5) is 5.69 Å². The van der Waals surface area contributed by atoms with E-state index < -0.39 is 0 Å². The number of anilines is 1. The molecule has 82 valence electrons. The third kappa shape index (κ3) is 2.36. The molecule has 1 aliphatic rings. The summed E-state index contributed by atoms with van der Waals surface area (Å²) < 4.78 is 0. The van der Waals surface area contributed by atoms with Gasteiger partial charge in [-0.15, -0.1) is 0 Å². The largest absolute Gasteiger partial charge is 0.506 e. The first-order valence-corrected chi connectivity index (χ1v) is 5.51. The molecular formula is C11H15ClN2O. The molecule has 0 amide bonds. The number of rotatable bonds is 1. The van der Waals surface area contributed by atoms with Crippen molar-refractivity contribution in [3.8, 4) is 5.75 Å². The molecule has 3 nitrogen and oxygen atoms in total. The summed E-state index contributed by atoms with van der Waals surface area (Å²) in [6.45, 7) is 5.10. The summed E-state index contributed by atoms with van der Waals surface area (Å²) >= 11 is 5.88. The van der Waals surface area contributed by atoms with Crippen molar-refractivity contribution in [1.29, 1.82) is 0 Å². The van der Waals surface area contributed by atoms with Crippen LogP contribution in [0.15, 0.2) is 18.2 Å². The maximum atomic E-state index is 9.33. The van der Waals surface area contributed by atoms with E-state index in [1.54, 1.807) is 6.07 Å². The van der Waals surface area contributed by atoms with Crippen LogP contribution in [-0.2, 0) is 0 Å². The van der Waals surface area contributed by atoms with Crippen LogP contribution in [0.2, 0.25) is 5.02 Å². The molecule has 4 heteroatoms. The summed E-state index contributed by atoms with van der Waals surface area (Å²) in [5, 5.41) is 13.1. The van der Waals surface area contributed by atoms with Crippen LogP contribution in [-0.4, -0.2) is 30.8 Å². The van der Waals surface area contributed by atoms with Gasteiger partial charge < -0.3 is 15.3 Å². The van der Waals surface area contributed by atoms with Crippen LogP contribution in [0.5, 0.6) is 5.75 Å². The van der Waals surface area contributed by atoms with Crippen LogP contribution in [0.25, 0.3) is 0 Å². The van der Waals surface area contributed by atoms with Crippen LogP contribution < -0.4 is 10.2 Å². The lowest BCUT2D eigenvalue weighted by Gasteiger charge is -2.33. The first-order chi connectivity index (χ1) is 7.16. The van der Waals surface area contributed by atoms with Gasteiger partial charge in [0.15, 0.2) is 0 Å². The van der Waals surface area contributed by atoms with Crippen molar-refractivity contribution in [3.05, 3.63) is 23.2 Å². The Labute approximate surface area is 94.7 Å². The predicted molar refractivity (Wildman–Crippen MR) is 62.8 cm³/mol. The van der Waals surface area contributed by atoms with Crippen molar-refractivity contribution in [2.75, 3.05) is 24.5 Å². The number of nitrogens with zero attached hydrogens (tertiary/aromatic N) is 1. The van der Waals surface area contributed by atoms with E-state index >= 15 is 0 Å². The molecule has 0 aromatic heterocycles. The van der Waals surface area contributed by atoms with Crippen LogP contribution in [0, 0.1) is 0 Å². The van der Waals surface area contributed by atoms with Gasteiger partial charge in [0.05, 0.1) is 5.02 Å². The Morgan fingerprint density at radius 1 is 1.53 bits per heavy atom. The summed E-state index contributed by atoms with van der Waals surface area (Å²) in [5.74, 6) is 0.142. The summed E-state index contributed by atoms with van der Waals surface area (Å²) in [4.78, 5) is 2.27. The lowest BCUT2D eigenvalue weighted by Crippen LogP contribution is -2.49. The minimum Gasteiger partial charge on any atom is -0.506 e. The molecule has 0 bridgehead atoms. The first kappa shape index (κ1) is 10.6. The predicted octanol–water partition coefficient (Wildman–Crippen LogP) is 1.84. The van der Waals surface area contributed by atoms with Crippen molar-refractivity contribution >= 4 is 17.3 Å². The third-order valence-electron chi connectivity index (χ3n) is 2.67. The Balaban J connectivity index is 2.18. The number of phenols is 1. The van der Waals surface area contributed by atoms with Crippen molar-refractivity contribution in [3.63, 3.8) is 0 Å². The fourth-order valence-electron chi connectivity index (χ4n) is 1.86. The lowest BCUT2D eigenvalue weighted by atomic mass is 10.2. The highest BCUT2D eigenvalue weighted by Gasteiger charge is 2.16. The molecule has 2 rings (SSSR count). The summed E-state index contributed by atoms with van der Waals surface area (Å²) in [7, 11) is 0. The van der Waals surface area contributed by atoms with Crippen LogP contribution in [0.1, 0.15) is 6.92 Å². The molecule has 0 aliphatic carbocycles. The molecule has 1 aromatic rings. The number of nitrogens with one attached hydrogen (secondary N) is 1. The van der Waals surface area contributed by atoms with E-state index in [4.69, 9.17) is 11.6 Å². The lowest BCUT2D eigenvalue weighted by molar-refractivity contribution is 0.474. The number of phenolic OH excluding ortho intramolecular Hbond substituents is 1. The smallest absolute Gasteiger partial charge is 0.134 e. The van der Waals surface area contributed by atoms with E-state index in [9.17, 15) is 5.11 Å². The molecule has 1 atom stereocenters. The number of halogens is 1. The van der Waals surface area contributed by atoms with E-state index in [0.717, 1.165) is 25.3 Å². The standard InChI is InChI=1S/C11H15ClN2O/c1-8-7-14(5-4-13-8)9-2-3-11(15)10(12)6-9/h2-3,6,8,13,15H,4-5,7H2,1H3/t8-/m1/s1. The van der Waals surface area contributed by atoms with E-state index in [-0.39, 0.29) is 5.75 Å². The highest BCUT2D eigenvalue weighted by Crippen LogP contribution is 2.28.